The van der Waals surface area contributed by atoms with Crippen molar-refractivity contribution in [2.75, 3.05) is 38.2 Å². The topological polar surface area (TPSA) is 36.0 Å². The molecule has 6 heteroatoms. The minimum absolute atomic E-state index is 0.0891. The first-order chi connectivity index (χ1) is 16.6. The molecule has 3 aromatic rings. The van der Waals surface area contributed by atoms with Crippen LogP contribution in [0.15, 0.2) is 65.4 Å². The zero-order chi connectivity index (χ0) is 23.9. The Bertz CT molecular complexity index is 1040. The molecule has 5 nitrogen and oxygen atoms in total. The second-order valence-electron chi connectivity index (χ2n) is 8.73. The van der Waals surface area contributed by atoms with Crippen LogP contribution in [0.1, 0.15) is 42.6 Å². The third kappa shape index (κ3) is 5.62. The van der Waals surface area contributed by atoms with E-state index >= 15 is 0 Å². The molecule has 1 fully saturated rings. The van der Waals surface area contributed by atoms with Crippen molar-refractivity contribution < 1.29 is 9.53 Å². The van der Waals surface area contributed by atoms with Gasteiger partial charge < -0.3 is 14.5 Å². The zero-order valence-corrected chi connectivity index (χ0v) is 21.3. The van der Waals surface area contributed by atoms with Gasteiger partial charge in [0.05, 0.1) is 7.11 Å². The predicted octanol–water partition coefficient (Wildman–Crippen LogP) is 6.04. The molecule has 1 aliphatic heterocycles. The van der Waals surface area contributed by atoms with Crippen molar-refractivity contribution in [3.8, 4) is 5.75 Å². The highest BCUT2D eigenvalue weighted by Gasteiger charge is 2.27. The minimum atomic E-state index is 0.0891. The van der Waals surface area contributed by atoms with Crippen molar-refractivity contribution in [1.29, 1.82) is 0 Å². The molecule has 4 rings (SSSR count). The van der Waals surface area contributed by atoms with Crippen LogP contribution >= 0.6 is 11.3 Å². The summed E-state index contributed by atoms with van der Waals surface area (Å²) in [5.74, 6) is 0.942. The number of benzene rings is 2. The summed E-state index contributed by atoms with van der Waals surface area (Å²) in [5.41, 5.74) is 4.38. The zero-order valence-electron chi connectivity index (χ0n) is 20.4. The maximum atomic E-state index is 12.8. The molecule has 0 unspecified atom stereocenters. The molecule has 1 amide bonds. The first kappa shape index (κ1) is 24.3. The Hall–Kier alpha value is -2.83. The number of carbonyl (C=O) groups excluding carboxylic acids is 1. The Morgan fingerprint density at radius 1 is 1.03 bits per heavy atom. The first-order valence-electron chi connectivity index (χ1n) is 12.2. The van der Waals surface area contributed by atoms with Crippen molar-refractivity contribution in [1.82, 2.24) is 9.80 Å². The van der Waals surface area contributed by atoms with Crippen LogP contribution in [0.25, 0.3) is 0 Å². The number of likely N-dealkylation sites (tertiary alicyclic amines) is 1. The molecule has 0 atom stereocenters. The average molecular weight is 478 g/mol. The lowest BCUT2D eigenvalue weighted by Crippen LogP contribution is -2.42. The summed E-state index contributed by atoms with van der Waals surface area (Å²) in [6.45, 7) is 8.64. The lowest BCUT2D eigenvalue weighted by atomic mass is 10.00. The van der Waals surface area contributed by atoms with E-state index in [-0.39, 0.29) is 5.91 Å². The van der Waals surface area contributed by atoms with Gasteiger partial charge in [0.25, 0.3) is 5.91 Å². The smallest absolute Gasteiger partial charge is 0.253 e. The van der Waals surface area contributed by atoms with Gasteiger partial charge in [0.1, 0.15) is 5.75 Å². The molecule has 0 saturated carbocycles. The molecular formula is C28H35N3O2S. The Morgan fingerprint density at radius 3 is 2.38 bits per heavy atom. The number of anilines is 2. The quantitative estimate of drug-likeness (QED) is 0.376. The number of carbonyl (C=O) groups is 1. The van der Waals surface area contributed by atoms with Crippen molar-refractivity contribution >= 4 is 28.6 Å². The number of amides is 1. The lowest BCUT2D eigenvalue weighted by molar-refractivity contribution is 0.0773. The molecule has 2 heterocycles. The van der Waals surface area contributed by atoms with Crippen LogP contribution in [0, 0.1) is 0 Å². The number of ether oxygens (including phenoxy) is 1. The molecule has 1 saturated heterocycles. The fourth-order valence-corrected chi connectivity index (χ4v) is 5.43. The highest BCUT2D eigenvalue weighted by molar-refractivity contribution is 7.07. The third-order valence-electron chi connectivity index (χ3n) is 6.68. The summed E-state index contributed by atoms with van der Waals surface area (Å²) >= 11 is 1.77. The second-order valence-corrected chi connectivity index (χ2v) is 9.51. The van der Waals surface area contributed by atoms with E-state index < -0.39 is 0 Å². The molecule has 34 heavy (non-hydrogen) atoms. The molecule has 180 valence electrons. The Labute approximate surface area is 207 Å². The number of thiophene rings is 1. The predicted molar refractivity (Wildman–Crippen MR) is 141 cm³/mol. The van der Waals surface area contributed by atoms with Crippen LogP contribution < -0.4 is 9.64 Å². The summed E-state index contributed by atoms with van der Waals surface area (Å²) in [4.78, 5) is 19.6. The summed E-state index contributed by atoms with van der Waals surface area (Å²) < 4.78 is 5.52. The fourth-order valence-electron chi connectivity index (χ4n) is 4.77. The van der Waals surface area contributed by atoms with Gasteiger partial charge in [-0.1, -0.05) is 6.07 Å². The normalized spacial score (nSPS) is 14.7. The van der Waals surface area contributed by atoms with Gasteiger partial charge in [-0.3, -0.25) is 9.69 Å². The largest absolute Gasteiger partial charge is 0.497 e. The van der Waals surface area contributed by atoms with Gasteiger partial charge in [0.15, 0.2) is 0 Å². The summed E-state index contributed by atoms with van der Waals surface area (Å²) in [7, 11) is 1.71. The van der Waals surface area contributed by atoms with Gasteiger partial charge in [-0.15, -0.1) is 0 Å². The van der Waals surface area contributed by atoms with Gasteiger partial charge in [-0.05, 0) is 85.5 Å². The Morgan fingerprint density at radius 2 is 1.76 bits per heavy atom. The van der Waals surface area contributed by atoms with E-state index in [4.69, 9.17) is 4.74 Å². The fraction of sp³-hybridized carbons (Fsp3) is 0.393. The Balaban J connectivity index is 1.56. The molecule has 0 radical (unpaired) electrons. The lowest BCUT2D eigenvalue weighted by Gasteiger charge is -2.40. The standard InChI is InChI=1S/C28H35N3O2S/c1-4-30(5-2)28(32)23-9-11-24(12-10-23)31(26-7-6-8-27(19-26)33-3)25-13-16-29(17-14-25)20-22-15-18-34-21-22/h6-12,15,18-19,21,25H,4-5,13-14,16-17,20H2,1-3H3. The molecule has 1 aromatic heterocycles. The van der Waals surface area contributed by atoms with Gasteiger partial charge in [0.2, 0.25) is 0 Å². The molecule has 2 aromatic carbocycles. The van der Waals surface area contributed by atoms with E-state index in [1.807, 2.05) is 43.0 Å². The molecule has 1 aliphatic rings. The molecule has 0 N–H and O–H groups in total. The summed E-state index contributed by atoms with van der Waals surface area (Å²) in [6, 6.07) is 19.0. The average Bonchev–Trinajstić information content (AvgIpc) is 3.39. The number of methoxy groups -OCH3 is 1. The second kappa shape index (κ2) is 11.5. The van der Waals surface area contributed by atoms with Crippen molar-refractivity contribution in [3.63, 3.8) is 0 Å². The first-order valence-corrected chi connectivity index (χ1v) is 13.1. The molecular weight excluding hydrogens is 442 g/mol. The van der Waals surface area contributed by atoms with Crippen molar-refractivity contribution in [2.45, 2.75) is 39.3 Å². The monoisotopic (exact) mass is 477 g/mol. The highest BCUT2D eigenvalue weighted by Crippen LogP contribution is 2.34. The maximum absolute atomic E-state index is 12.8. The van der Waals surface area contributed by atoms with Crippen LogP contribution in [-0.2, 0) is 6.54 Å². The molecule has 0 aliphatic carbocycles. The van der Waals surface area contributed by atoms with E-state index in [2.05, 4.69) is 50.9 Å². The maximum Gasteiger partial charge on any atom is 0.253 e. The molecule has 0 bridgehead atoms. The number of piperidine rings is 1. The SMILES string of the molecule is CCN(CC)C(=O)c1ccc(N(c2cccc(OC)c2)C2CCN(Cc3ccsc3)CC2)cc1. The van der Waals surface area contributed by atoms with Gasteiger partial charge in [0, 0.05) is 61.8 Å². The van der Waals surface area contributed by atoms with E-state index in [9.17, 15) is 4.79 Å². The summed E-state index contributed by atoms with van der Waals surface area (Å²) in [5, 5.41) is 4.40. The van der Waals surface area contributed by atoms with Crippen LogP contribution in [0.4, 0.5) is 11.4 Å². The van der Waals surface area contributed by atoms with E-state index in [0.29, 0.717) is 6.04 Å². The van der Waals surface area contributed by atoms with Crippen LogP contribution in [0.5, 0.6) is 5.75 Å². The Kier molecular flexibility index (Phi) is 8.25. The van der Waals surface area contributed by atoms with E-state index in [0.717, 1.165) is 68.3 Å². The van der Waals surface area contributed by atoms with E-state index in [1.54, 1.807) is 18.4 Å². The third-order valence-corrected chi connectivity index (χ3v) is 7.42. The van der Waals surface area contributed by atoms with Crippen molar-refractivity contribution in [3.05, 3.63) is 76.5 Å². The number of hydrogen-bond donors (Lipinski definition) is 0. The van der Waals surface area contributed by atoms with Gasteiger partial charge >= 0.3 is 0 Å². The highest BCUT2D eigenvalue weighted by atomic mass is 32.1. The van der Waals surface area contributed by atoms with Crippen LogP contribution in [0.3, 0.4) is 0 Å². The van der Waals surface area contributed by atoms with E-state index in [1.165, 1.54) is 5.56 Å². The van der Waals surface area contributed by atoms with Gasteiger partial charge in [-0.2, -0.15) is 11.3 Å². The minimum Gasteiger partial charge on any atom is -0.497 e. The van der Waals surface area contributed by atoms with Crippen LogP contribution in [-0.4, -0.2) is 55.0 Å². The number of hydrogen-bond acceptors (Lipinski definition) is 5. The van der Waals surface area contributed by atoms with Crippen molar-refractivity contribution in [2.24, 2.45) is 0 Å². The van der Waals surface area contributed by atoms with Crippen LogP contribution in [0.2, 0.25) is 0 Å². The molecule has 0 spiro atoms. The number of nitrogens with zero attached hydrogens (tertiary/aromatic N) is 3. The summed E-state index contributed by atoms with van der Waals surface area (Å²) in [6.07, 6.45) is 2.17. The number of rotatable bonds is 9. The van der Waals surface area contributed by atoms with Gasteiger partial charge in [-0.25, -0.2) is 0 Å².